The van der Waals surface area contributed by atoms with E-state index in [1.54, 1.807) is 28.7 Å². The number of rotatable bonds is 1. The smallest absolute Gasteiger partial charge is 0.268 e. The van der Waals surface area contributed by atoms with Gasteiger partial charge in [0.2, 0.25) is 5.88 Å². The molecule has 76 valence electrons. The summed E-state index contributed by atoms with van der Waals surface area (Å²) in [6, 6.07) is 1.65. The second-order valence-corrected chi connectivity index (χ2v) is 3.70. The largest absolute Gasteiger partial charge is 0.492 e. The van der Waals surface area contributed by atoms with Crippen LogP contribution in [0.1, 0.15) is 0 Å². The number of aromatic hydroxyl groups is 1. The first kappa shape index (κ1) is 10.0. The van der Waals surface area contributed by atoms with E-state index in [0.717, 1.165) is 0 Å². The molecule has 15 heavy (non-hydrogen) atoms. The minimum Gasteiger partial charge on any atom is -0.492 e. The molecule has 0 aliphatic heterocycles. The van der Waals surface area contributed by atoms with Crippen LogP contribution in [0, 0.1) is 3.57 Å². The minimum absolute atomic E-state index is 0.146. The Bertz CT molecular complexity index is 540. The predicted octanol–water partition coefficient (Wildman–Crippen LogP) is 0.537. The highest BCUT2D eigenvalue weighted by Gasteiger charge is 2.10. The number of hydrogen-bond acceptors (Lipinski definition) is 5. The van der Waals surface area contributed by atoms with Gasteiger partial charge in [-0.2, -0.15) is 4.98 Å². The van der Waals surface area contributed by atoms with Crippen molar-refractivity contribution in [1.29, 1.82) is 0 Å². The molecule has 0 bridgehead atoms. The summed E-state index contributed by atoms with van der Waals surface area (Å²) in [5.74, 6) is 0.0987. The number of nitrogens with one attached hydrogen (secondary N) is 1. The third-order valence-corrected chi connectivity index (χ3v) is 2.60. The standard InChI is InChI=1S/C8H5IN4O2/c9-4-7(14)12-6(13-8(4)15)5-10-2-1-3-11-5/h1-3H,(H2,12,13,14,15). The molecule has 0 atom stereocenters. The van der Waals surface area contributed by atoms with E-state index in [1.807, 2.05) is 0 Å². The van der Waals surface area contributed by atoms with Crippen LogP contribution in [0.4, 0.5) is 0 Å². The van der Waals surface area contributed by atoms with Gasteiger partial charge in [0.1, 0.15) is 3.57 Å². The quantitative estimate of drug-likeness (QED) is 0.749. The van der Waals surface area contributed by atoms with Crippen molar-refractivity contribution in [3.63, 3.8) is 0 Å². The average molecular weight is 316 g/mol. The van der Waals surface area contributed by atoms with E-state index >= 15 is 0 Å². The fourth-order valence-corrected chi connectivity index (χ4v) is 1.23. The first-order chi connectivity index (χ1) is 7.18. The molecule has 2 aromatic heterocycles. The third-order valence-electron chi connectivity index (χ3n) is 1.62. The van der Waals surface area contributed by atoms with Gasteiger partial charge in [0.25, 0.3) is 5.56 Å². The topological polar surface area (TPSA) is 91.8 Å². The van der Waals surface area contributed by atoms with Crippen molar-refractivity contribution in [1.82, 2.24) is 19.9 Å². The van der Waals surface area contributed by atoms with Crippen molar-refractivity contribution in [2.45, 2.75) is 0 Å². The highest BCUT2D eigenvalue weighted by molar-refractivity contribution is 14.1. The highest BCUT2D eigenvalue weighted by atomic mass is 127. The van der Waals surface area contributed by atoms with Gasteiger partial charge in [-0.25, -0.2) is 9.97 Å². The Kier molecular flexibility index (Phi) is 2.62. The molecular weight excluding hydrogens is 311 g/mol. The fourth-order valence-electron chi connectivity index (χ4n) is 0.974. The highest BCUT2D eigenvalue weighted by Crippen LogP contribution is 2.14. The van der Waals surface area contributed by atoms with Crippen molar-refractivity contribution in [2.75, 3.05) is 0 Å². The van der Waals surface area contributed by atoms with Gasteiger partial charge in [0.05, 0.1) is 0 Å². The van der Waals surface area contributed by atoms with Crippen LogP contribution in [0.15, 0.2) is 23.3 Å². The SMILES string of the molecule is O=c1[nH]c(-c2ncccn2)nc(O)c1I. The summed E-state index contributed by atoms with van der Waals surface area (Å²) in [5, 5.41) is 9.35. The maximum Gasteiger partial charge on any atom is 0.268 e. The monoisotopic (exact) mass is 316 g/mol. The van der Waals surface area contributed by atoms with Crippen LogP contribution in [0.3, 0.4) is 0 Å². The Balaban J connectivity index is 2.61. The van der Waals surface area contributed by atoms with Crippen LogP contribution in [0.25, 0.3) is 11.6 Å². The lowest BCUT2D eigenvalue weighted by molar-refractivity contribution is 0.447. The molecular formula is C8H5IN4O2. The van der Waals surface area contributed by atoms with Crippen molar-refractivity contribution >= 4 is 22.6 Å². The summed E-state index contributed by atoms with van der Waals surface area (Å²) in [4.78, 5) is 25.4. The van der Waals surface area contributed by atoms with Crippen LogP contribution >= 0.6 is 22.6 Å². The Hall–Kier alpha value is -1.51. The Morgan fingerprint density at radius 2 is 2.00 bits per heavy atom. The van der Waals surface area contributed by atoms with Gasteiger partial charge in [-0.15, -0.1) is 0 Å². The van der Waals surface area contributed by atoms with Crippen LogP contribution in [-0.2, 0) is 0 Å². The molecule has 0 saturated carbocycles. The van der Waals surface area contributed by atoms with E-state index in [-0.39, 0.29) is 21.1 Å². The van der Waals surface area contributed by atoms with Crippen LogP contribution < -0.4 is 5.56 Å². The molecule has 7 heteroatoms. The van der Waals surface area contributed by atoms with Crippen LogP contribution in [-0.4, -0.2) is 25.0 Å². The molecule has 0 amide bonds. The molecule has 0 spiro atoms. The molecule has 0 saturated heterocycles. The zero-order valence-corrected chi connectivity index (χ0v) is 9.46. The number of halogens is 1. The summed E-state index contributed by atoms with van der Waals surface area (Å²) in [6.45, 7) is 0. The molecule has 2 heterocycles. The van der Waals surface area contributed by atoms with E-state index in [2.05, 4.69) is 19.9 Å². The van der Waals surface area contributed by atoms with Crippen molar-refractivity contribution < 1.29 is 5.11 Å². The lowest BCUT2D eigenvalue weighted by atomic mass is 10.5. The summed E-state index contributed by atoms with van der Waals surface area (Å²) in [7, 11) is 0. The van der Waals surface area contributed by atoms with Crippen LogP contribution in [0.5, 0.6) is 5.88 Å². The molecule has 0 unspecified atom stereocenters. The Morgan fingerprint density at radius 1 is 1.33 bits per heavy atom. The molecule has 2 N–H and O–H groups in total. The first-order valence-electron chi connectivity index (χ1n) is 3.94. The van der Waals surface area contributed by atoms with Crippen molar-refractivity contribution in [2.24, 2.45) is 0 Å². The molecule has 0 aromatic carbocycles. The Labute approximate surface area is 97.6 Å². The van der Waals surface area contributed by atoms with Gasteiger partial charge in [-0.1, -0.05) is 0 Å². The normalized spacial score (nSPS) is 10.2. The van der Waals surface area contributed by atoms with Gasteiger partial charge >= 0.3 is 0 Å². The molecule has 0 aliphatic carbocycles. The molecule has 6 nitrogen and oxygen atoms in total. The van der Waals surface area contributed by atoms with Gasteiger partial charge in [0, 0.05) is 12.4 Å². The predicted molar refractivity (Wildman–Crippen MR) is 60.3 cm³/mol. The van der Waals surface area contributed by atoms with Gasteiger partial charge < -0.3 is 10.1 Å². The fraction of sp³-hybridized carbons (Fsp3) is 0. The van der Waals surface area contributed by atoms with E-state index < -0.39 is 5.56 Å². The van der Waals surface area contributed by atoms with E-state index in [0.29, 0.717) is 0 Å². The van der Waals surface area contributed by atoms with Gasteiger partial charge in [-0.05, 0) is 28.7 Å². The van der Waals surface area contributed by atoms with E-state index in [4.69, 9.17) is 0 Å². The molecule has 0 radical (unpaired) electrons. The minimum atomic E-state index is -0.412. The van der Waals surface area contributed by atoms with Gasteiger partial charge in [0.15, 0.2) is 11.6 Å². The second-order valence-electron chi connectivity index (χ2n) is 2.62. The summed E-state index contributed by atoms with van der Waals surface area (Å²) >= 11 is 1.71. The zero-order chi connectivity index (χ0) is 10.8. The molecule has 2 rings (SSSR count). The lowest BCUT2D eigenvalue weighted by Gasteiger charge is -1.99. The van der Waals surface area contributed by atoms with E-state index in [1.165, 1.54) is 12.4 Å². The Morgan fingerprint density at radius 3 is 2.60 bits per heavy atom. The number of hydrogen-bond donors (Lipinski definition) is 2. The number of aromatic amines is 1. The molecule has 0 fully saturated rings. The molecule has 0 aliphatic rings. The summed E-state index contributed by atoms with van der Waals surface area (Å²) < 4.78 is 0.146. The first-order valence-corrected chi connectivity index (χ1v) is 5.02. The summed E-state index contributed by atoms with van der Waals surface area (Å²) in [5.41, 5.74) is -0.412. The van der Waals surface area contributed by atoms with Crippen molar-refractivity contribution in [3.05, 3.63) is 32.4 Å². The van der Waals surface area contributed by atoms with Crippen LogP contribution in [0.2, 0.25) is 0 Å². The second kappa shape index (κ2) is 3.93. The average Bonchev–Trinajstić information content (AvgIpc) is 2.26. The molecule has 2 aromatic rings. The van der Waals surface area contributed by atoms with Crippen molar-refractivity contribution in [3.8, 4) is 17.5 Å². The number of H-pyrrole nitrogens is 1. The number of aromatic nitrogens is 4. The zero-order valence-electron chi connectivity index (χ0n) is 7.31. The lowest BCUT2D eigenvalue weighted by Crippen LogP contribution is -2.13. The maximum atomic E-state index is 11.3. The van der Waals surface area contributed by atoms with Gasteiger partial charge in [-0.3, -0.25) is 4.79 Å². The third kappa shape index (κ3) is 1.96. The van der Waals surface area contributed by atoms with E-state index in [9.17, 15) is 9.90 Å². The summed E-state index contributed by atoms with van der Waals surface area (Å²) in [6.07, 6.45) is 3.05. The maximum absolute atomic E-state index is 11.3. The number of nitrogens with zero attached hydrogens (tertiary/aromatic N) is 3.